The van der Waals surface area contributed by atoms with Gasteiger partial charge in [0.25, 0.3) is 0 Å². The van der Waals surface area contributed by atoms with Crippen LogP contribution in [-0.4, -0.2) is 16.5 Å². The van der Waals surface area contributed by atoms with Gasteiger partial charge in [0, 0.05) is 16.3 Å². The van der Waals surface area contributed by atoms with Crippen LogP contribution in [0.25, 0.3) is 21.8 Å². The van der Waals surface area contributed by atoms with Gasteiger partial charge in [0.1, 0.15) is 0 Å². The number of carbonyl (C=O) groups excluding carboxylic acids is 2. The lowest BCUT2D eigenvalue weighted by Gasteiger charge is -2.01. The maximum Gasteiger partial charge on any atom is 0.323 e. The number of rotatable bonds is 1. The first-order valence-corrected chi connectivity index (χ1v) is 5.72. The SMILES string of the molecule is NC(=O)c1ccc2c(c1)c1ccccc1n2C(N)=O. The largest absolute Gasteiger partial charge is 0.366 e. The highest BCUT2D eigenvalue weighted by atomic mass is 16.2. The van der Waals surface area contributed by atoms with Crippen LogP contribution in [0.5, 0.6) is 0 Å². The van der Waals surface area contributed by atoms with Crippen molar-refractivity contribution in [2.24, 2.45) is 11.5 Å². The van der Waals surface area contributed by atoms with Crippen LogP contribution in [0.1, 0.15) is 10.4 Å². The standard InChI is InChI=1S/C14H11N3O2/c15-13(18)8-5-6-12-10(7-8)9-3-1-2-4-11(9)17(12)14(16)19/h1-7H,(H2,15,18)(H2,16,19). The molecule has 1 aromatic heterocycles. The predicted molar refractivity (Wildman–Crippen MR) is 72.9 cm³/mol. The monoisotopic (exact) mass is 253 g/mol. The third-order valence-electron chi connectivity index (χ3n) is 3.18. The summed E-state index contributed by atoms with van der Waals surface area (Å²) in [6.07, 6.45) is 0. The number of carbonyl (C=O) groups is 2. The van der Waals surface area contributed by atoms with Crippen molar-refractivity contribution >= 4 is 33.7 Å². The first kappa shape index (κ1) is 11.3. The van der Waals surface area contributed by atoms with Crippen molar-refractivity contribution in [3.8, 4) is 0 Å². The normalized spacial score (nSPS) is 10.9. The molecule has 0 radical (unpaired) electrons. The molecule has 0 saturated heterocycles. The van der Waals surface area contributed by atoms with Gasteiger partial charge in [-0.15, -0.1) is 0 Å². The van der Waals surface area contributed by atoms with Gasteiger partial charge in [-0.3, -0.25) is 9.36 Å². The van der Waals surface area contributed by atoms with E-state index in [1.54, 1.807) is 18.2 Å². The molecule has 19 heavy (non-hydrogen) atoms. The molecular formula is C14H11N3O2. The van der Waals surface area contributed by atoms with Crippen LogP contribution in [0.2, 0.25) is 0 Å². The van der Waals surface area contributed by atoms with E-state index >= 15 is 0 Å². The van der Waals surface area contributed by atoms with Crippen molar-refractivity contribution in [1.82, 2.24) is 4.57 Å². The first-order valence-electron chi connectivity index (χ1n) is 5.72. The minimum absolute atomic E-state index is 0.403. The van der Waals surface area contributed by atoms with Gasteiger partial charge in [0.2, 0.25) is 5.91 Å². The summed E-state index contributed by atoms with van der Waals surface area (Å²) in [5, 5.41) is 1.64. The molecule has 0 aliphatic carbocycles. The Bertz CT molecular complexity index is 833. The molecule has 0 spiro atoms. The highest BCUT2D eigenvalue weighted by Gasteiger charge is 2.14. The van der Waals surface area contributed by atoms with Crippen LogP contribution in [0, 0.1) is 0 Å². The molecule has 2 aromatic carbocycles. The van der Waals surface area contributed by atoms with Crippen LogP contribution in [0.3, 0.4) is 0 Å². The van der Waals surface area contributed by atoms with E-state index in [2.05, 4.69) is 0 Å². The number of hydrogen-bond acceptors (Lipinski definition) is 2. The second-order valence-corrected chi connectivity index (χ2v) is 4.29. The van der Waals surface area contributed by atoms with E-state index in [4.69, 9.17) is 11.5 Å². The number of benzene rings is 2. The van der Waals surface area contributed by atoms with Gasteiger partial charge in [0.05, 0.1) is 11.0 Å². The summed E-state index contributed by atoms with van der Waals surface area (Å²) in [6, 6.07) is 11.8. The fraction of sp³-hybridized carbons (Fsp3) is 0. The lowest BCUT2D eigenvalue weighted by Crippen LogP contribution is -2.19. The quantitative estimate of drug-likeness (QED) is 0.692. The zero-order valence-electron chi connectivity index (χ0n) is 9.96. The van der Waals surface area contributed by atoms with E-state index in [1.165, 1.54) is 4.57 Å². The van der Waals surface area contributed by atoms with Gasteiger partial charge in [0.15, 0.2) is 0 Å². The Hall–Kier alpha value is -2.82. The molecule has 0 aliphatic rings. The van der Waals surface area contributed by atoms with E-state index in [1.807, 2.05) is 24.3 Å². The van der Waals surface area contributed by atoms with Gasteiger partial charge in [-0.1, -0.05) is 18.2 Å². The van der Waals surface area contributed by atoms with Crippen molar-refractivity contribution < 1.29 is 9.59 Å². The van der Waals surface area contributed by atoms with E-state index < -0.39 is 11.9 Å². The van der Waals surface area contributed by atoms with Crippen molar-refractivity contribution in [3.63, 3.8) is 0 Å². The maximum absolute atomic E-state index is 11.6. The van der Waals surface area contributed by atoms with Crippen LogP contribution < -0.4 is 11.5 Å². The highest BCUT2D eigenvalue weighted by Crippen LogP contribution is 2.29. The summed E-state index contributed by atoms with van der Waals surface area (Å²) in [5.74, 6) is -0.502. The maximum atomic E-state index is 11.6. The number of hydrogen-bond donors (Lipinski definition) is 2. The summed E-state index contributed by atoms with van der Waals surface area (Å²) < 4.78 is 1.43. The fourth-order valence-electron chi connectivity index (χ4n) is 2.36. The van der Waals surface area contributed by atoms with Gasteiger partial charge >= 0.3 is 6.03 Å². The molecule has 2 amide bonds. The Morgan fingerprint density at radius 3 is 2.26 bits per heavy atom. The van der Waals surface area contributed by atoms with Crippen LogP contribution in [-0.2, 0) is 0 Å². The van der Waals surface area contributed by atoms with E-state index in [-0.39, 0.29) is 0 Å². The summed E-state index contributed by atoms with van der Waals surface area (Å²) in [4.78, 5) is 22.8. The number of primary amides is 2. The molecular weight excluding hydrogens is 242 g/mol. The third-order valence-corrected chi connectivity index (χ3v) is 3.18. The number of nitrogens with two attached hydrogens (primary N) is 2. The minimum Gasteiger partial charge on any atom is -0.366 e. The summed E-state index contributed by atoms with van der Waals surface area (Å²) >= 11 is 0. The second-order valence-electron chi connectivity index (χ2n) is 4.29. The molecule has 0 bridgehead atoms. The zero-order valence-corrected chi connectivity index (χ0v) is 9.96. The Kier molecular flexibility index (Phi) is 2.28. The number of fused-ring (bicyclic) bond motifs is 3. The molecule has 5 nitrogen and oxygen atoms in total. The summed E-state index contributed by atoms with van der Waals surface area (Å²) in [5.41, 5.74) is 12.5. The van der Waals surface area contributed by atoms with Crippen molar-refractivity contribution in [3.05, 3.63) is 48.0 Å². The van der Waals surface area contributed by atoms with E-state index in [9.17, 15) is 9.59 Å². The number of nitrogens with zero attached hydrogens (tertiary/aromatic N) is 1. The summed E-state index contributed by atoms with van der Waals surface area (Å²) in [7, 11) is 0. The molecule has 0 fully saturated rings. The molecule has 4 N–H and O–H groups in total. The van der Waals surface area contributed by atoms with Gasteiger partial charge < -0.3 is 11.5 Å². The molecule has 3 rings (SSSR count). The lowest BCUT2D eigenvalue weighted by molar-refractivity contribution is 0.100. The number of amides is 2. The van der Waals surface area contributed by atoms with Gasteiger partial charge in [-0.2, -0.15) is 0 Å². The Morgan fingerprint density at radius 2 is 1.58 bits per heavy atom. The first-order chi connectivity index (χ1) is 9.09. The van der Waals surface area contributed by atoms with Crippen LogP contribution in [0.15, 0.2) is 42.5 Å². The molecule has 0 atom stereocenters. The fourth-order valence-corrected chi connectivity index (χ4v) is 2.36. The number of aromatic nitrogens is 1. The highest BCUT2D eigenvalue weighted by molar-refractivity contribution is 6.14. The average molecular weight is 253 g/mol. The minimum atomic E-state index is -0.557. The number of para-hydroxylation sites is 1. The molecule has 0 unspecified atom stereocenters. The summed E-state index contributed by atoms with van der Waals surface area (Å²) in [6.45, 7) is 0. The van der Waals surface area contributed by atoms with Gasteiger partial charge in [-0.25, -0.2) is 4.79 Å². The average Bonchev–Trinajstić information content (AvgIpc) is 2.72. The van der Waals surface area contributed by atoms with Crippen molar-refractivity contribution in [1.29, 1.82) is 0 Å². The third kappa shape index (κ3) is 1.55. The smallest absolute Gasteiger partial charge is 0.323 e. The molecule has 5 heteroatoms. The zero-order chi connectivity index (χ0) is 13.6. The van der Waals surface area contributed by atoms with E-state index in [0.29, 0.717) is 16.6 Å². The van der Waals surface area contributed by atoms with Crippen LogP contribution in [0.4, 0.5) is 4.79 Å². The van der Waals surface area contributed by atoms with Gasteiger partial charge in [-0.05, 0) is 24.3 Å². The van der Waals surface area contributed by atoms with E-state index in [0.717, 1.165) is 10.8 Å². The Balaban J connectivity index is 2.52. The molecule has 0 aliphatic heterocycles. The lowest BCUT2D eigenvalue weighted by atomic mass is 10.1. The van der Waals surface area contributed by atoms with Crippen LogP contribution >= 0.6 is 0 Å². The Morgan fingerprint density at radius 1 is 0.895 bits per heavy atom. The Labute approximate surface area is 108 Å². The molecule has 0 saturated carbocycles. The second kappa shape index (κ2) is 3.84. The molecule has 1 heterocycles. The topological polar surface area (TPSA) is 91.1 Å². The van der Waals surface area contributed by atoms with Crippen molar-refractivity contribution in [2.45, 2.75) is 0 Å². The van der Waals surface area contributed by atoms with Crippen molar-refractivity contribution in [2.75, 3.05) is 0 Å². The molecule has 3 aromatic rings. The predicted octanol–water partition coefficient (Wildman–Crippen LogP) is 1.82. The molecule has 94 valence electrons.